The first-order valence-electron chi connectivity index (χ1n) is 6.99. The van der Waals surface area contributed by atoms with Crippen molar-refractivity contribution in [1.29, 1.82) is 0 Å². The molecular formula is C16H16N2O4. The summed E-state index contributed by atoms with van der Waals surface area (Å²) in [4.78, 5) is 29.3. The van der Waals surface area contributed by atoms with Crippen LogP contribution >= 0.6 is 0 Å². The van der Waals surface area contributed by atoms with E-state index in [-0.39, 0.29) is 34.5 Å². The Balaban J connectivity index is 2.11. The number of benzene rings is 1. The minimum Gasteiger partial charge on any atom is -0.454 e. The summed E-state index contributed by atoms with van der Waals surface area (Å²) in [6.07, 6.45) is 3.31. The summed E-state index contributed by atoms with van der Waals surface area (Å²) in [5.41, 5.74) is 0.0791. The van der Waals surface area contributed by atoms with Crippen LogP contribution in [0.1, 0.15) is 19.4 Å². The van der Waals surface area contributed by atoms with Gasteiger partial charge in [-0.05, 0) is 29.7 Å². The zero-order chi connectivity index (χ0) is 15.7. The van der Waals surface area contributed by atoms with Gasteiger partial charge in [0.15, 0.2) is 11.5 Å². The van der Waals surface area contributed by atoms with Gasteiger partial charge in [-0.2, -0.15) is 0 Å². The maximum absolute atomic E-state index is 12.1. The highest BCUT2D eigenvalue weighted by Crippen LogP contribution is 2.32. The first kappa shape index (κ1) is 14.2. The highest BCUT2D eigenvalue weighted by Gasteiger charge is 2.12. The van der Waals surface area contributed by atoms with E-state index in [4.69, 9.17) is 9.47 Å². The molecule has 0 spiro atoms. The molecule has 6 nitrogen and oxygen atoms in total. The van der Waals surface area contributed by atoms with Crippen molar-refractivity contribution in [3.05, 3.63) is 55.2 Å². The standard InChI is InChI=1S/C16H16N2O4/c1-9(2)5-11-15(19)18-12(16(20)17-11)6-10-3-4-13-14(7-10)22-8-21-13/h3-7,9H,8H2,1-2H3,(H,17,20)(H,18,19)/b11-5+,12-6-. The Morgan fingerprint density at radius 1 is 1.05 bits per heavy atom. The lowest BCUT2D eigenvalue weighted by molar-refractivity contribution is 0.174. The van der Waals surface area contributed by atoms with Gasteiger partial charge in [0.25, 0.3) is 11.1 Å². The molecule has 2 N–H and O–H groups in total. The highest BCUT2D eigenvalue weighted by molar-refractivity contribution is 5.55. The predicted octanol–water partition coefficient (Wildman–Crippen LogP) is 0.0572. The molecule has 0 bridgehead atoms. The number of aromatic nitrogens is 2. The molecule has 3 rings (SSSR count). The SMILES string of the molecule is CC(C)/C=c1/[nH]c(=O)/c(=C/c2ccc3c(c2)OCO3)[nH]c1=O. The monoisotopic (exact) mass is 300 g/mol. The number of H-pyrrole nitrogens is 2. The van der Waals surface area contributed by atoms with Crippen molar-refractivity contribution >= 4 is 12.2 Å². The van der Waals surface area contributed by atoms with E-state index in [0.717, 1.165) is 5.56 Å². The van der Waals surface area contributed by atoms with Crippen molar-refractivity contribution in [3.63, 3.8) is 0 Å². The second kappa shape index (κ2) is 5.55. The third-order valence-electron chi connectivity index (χ3n) is 3.19. The van der Waals surface area contributed by atoms with Crippen LogP contribution in [0.4, 0.5) is 0 Å². The number of hydrogen-bond acceptors (Lipinski definition) is 4. The van der Waals surface area contributed by atoms with Crippen molar-refractivity contribution in [2.24, 2.45) is 5.92 Å². The second-order valence-corrected chi connectivity index (χ2v) is 5.40. The van der Waals surface area contributed by atoms with E-state index in [0.29, 0.717) is 11.5 Å². The summed E-state index contributed by atoms with van der Waals surface area (Å²) < 4.78 is 10.5. The van der Waals surface area contributed by atoms with Crippen LogP contribution in [0, 0.1) is 5.92 Å². The molecule has 22 heavy (non-hydrogen) atoms. The van der Waals surface area contributed by atoms with Crippen LogP contribution in [0.5, 0.6) is 11.5 Å². The Bertz CT molecular complexity index is 938. The molecule has 0 saturated carbocycles. The molecule has 0 unspecified atom stereocenters. The van der Waals surface area contributed by atoms with E-state index in [1.165, 1.54) is 0 Å². The fourth-order valence-electron chi connectivity index (χ4n) is 2.21. The molecule has 1 aromatic carbocycles. The Hall–Kier alpha value is -2.76. The molecule has 0 fully saturated rings. The van der Waals surface area contributed by atoms with Gasteiger partial charge in [-0.3, -0.25) is 9.59 Å². The van der Waals surface area contributed by atoms with E-state index in [9.17, 15) is 9.59 Å². The summed E-state index contributed by atoms with van der Waals surface area (Å²) in [7, 11) is 0. The van der Waals surface area contributed by atoms with Crippen LogP contribution < -0.4 is 31.3 Å². The molecule has 2 heterocycles. The van der Waals surface area contributed by atoms with Gasteiger partial charge < -0.3 is 19.4 Å². The molecule has 114 valence electrons. The molecule has 0 aliphatic carbocycles. The van der Waals surface area contributed by atoms with Gasteiger partial charge in [0.1, 0.15) is 10.7 Å². The van der Waals surface area contributed by atoms with E-state index >= 15 is 0 Å². The van der Waals surface area contributed by atoms with Crippen LogP contribution in [0.3, 0.4) is 0 Å². The lowest BCUT2D eigenvalue weighted by atomic mass is 10.2. The van der Waals surface area contributed by atoms with Gasteiger partial charge in [0, 0.05) is 0 Å². The second-order valence-electron chi connectivity index (χ2n) is 5.40. The summed E-state index contributed by atoms with van der Waals surface area (Å²) in [5.74, 6) is 1.46. The van der Waals surface area contributed by atoms with Gasteiger partial charge in [0.2, 0.25) is 6.79 Å². The zero-order valence-electron chi connectivity index (χ0n) is 12.3. The van der Waals surface area contributed by atoms with Crippen molar-refractivity contribution < 1.29 is 9.47 Å². The van der Waals surface area contributed by atoms with E-state index in [2.05, 4.69) is 9.97 Å². The normalized spacial score (nSPS) is 14.9. The summed E-state index contributed by atoms with van der Waals surface area (Å²) in [6.45, 7) is 4.06. The maximum Gasteiger partial charge on any atom is 0.272 e. The molecule has 1 aromatic heterocycles. The molecule has 0 atom stereocenters. The van der Waals surface area contributed by atoms with Crippen molar-refractivity contribution in [2.75, 3.05) is 6.79 Å². The molecule has 0 amide bonds. The van der Waals surface area contributed by atoms with Gasteiger partial charge in [0.05, 0.1) is 0 Å². The molecule has 1 aliphatic rings. The number of rotatable bonds is 2. The highest BCUT2D eigenvalue weighted by atomic mass is 16.7. The fourth-order valence-corrected chi connectivity index (χ4v) is 2.21. The smallest absolute Gasteiger partial charge is 0.272 e. The molecule has 2 aromatic rings. The van der Waals surface area contributed by atoms with Gasteiger partial charge in [-0.25, -0.2) is 0 Å². The predicted molar refractivity (Wildman–Crippen MR) is 82.4 cm³/mol. The van der Waals surface area contributed by atoms with E-state index in [1.54, 1.807) is 30.4 Å². The average molecular weight is 300 g/mol. The quantitative estimate of drug-likeness (QED) is 0.821. The Kier molecular flexibility index (Phi) is 3.58. The minimum atomic E-state index is -0.343. The lowest BCUT2D eigenvalue weighted by Gasteiger charge is -1.98. The summed E-state index contributed by atoms with van der Waals surface area (Å²) >= 11 is 0. The topological polar surface area (TPSA) is 84.2 Å². The Morgan fingerprint density at radius 3 is 2.50 bits per heavy atom. The van der Waals surface area contributed by atoms with E-state index in [1.807, 2.05) is 13.8 Å². The fraction of sp³-hybridized carbons (Fsp3) is 0.250. The third-order valence-corrected chi connectivity index (χ3v) is 3.19. The molecule has 0 saturated heterocycles. The number of ether oxygens (including phenoxy) is 2. The summed E-state index contributed by atoms with van der Waals surface area (Å²) in [5, 5.41) is 0.479. The molecular weight excluding hydrogens is 284 g/mol. The van der Waals surface area contributed by atoms with Gasteiger partial charge in [-0.15, -0.1) is 0 Å². The van der Waals surface area contributed by atoms with Crippen molar-refractivity contribution in [3.8, 4) is 11.5 Å². The first-order valence-corrected chi connectivity index (χ1v) is 6.99. The lowest BCUT2D eigenvalue weighted by Crippen LogP contribution is -2.47. The van der Waals surface area contributed by atoms with Crippen LogP contribution in [-0.4, -0.2) is 16.8 Å². The van der Waals surface area contributed by atoms with Crippen LogP contribution in [0.15, 0.2) is 27.8 Å². The summed E-state index contributed by atoms with van der Waals surface area (Å²) in [6, 6.07) is 5.31. The number of fused-ring (bicyclic) bond motifs is 1. The van der Waals surface area contributed by atoms with Crippen molar-refractivity contribution in [2.45, 2.75) is 13.8 Å². The molecule has 0 radical (unpaired) electrons. The number of hydrogen-bond donors (Lipinski definition) is 2. The average Bonchev–Trinajstić information content (AvgIpc) is 2.91. The maximum atomic E-state index is 12.1. The largest absolute Gasteiger partial charge is 0.454 e. The van der Waals surface area contributed by atoms with Gasteiger partial charge >= 0.3 is 0 Å². The van der Waals surface area contributed by atoms with E-state index < -0.39 is 0 Å². The van der Waals surface area contributed by atoms with Crippen molar-refractivity contribution in [1.82, 2.24) is 9.97 Å². The Morgan fingerprint density at radius 2 is 1.73 bits per heavy atom. The Labute approximate surface area is 125 Å². The number of nitrogens with one attached hydrogen (secondary N) is 2. The first-order chi connectivity index (χ1) is 10.5. The van der Waals surface area contributed by atoms with Crippen LogP contribution in [0.25, 0.3) is 12.2 Å². The van der Waals surface area contributed by atoms with Gasteiger partial charge in [-0.1, -0.05) is 26.0 Å². The molecule has 1 aliphatic heterocycles. The molecule has 6 heteroatoms. The zero-order valence-corrected chi connectivity index (χ0v) is 12.3. The van der Waals surface area contributed by atoms with Crippen LogP contribution in [-0.2, 0) is 0 Å². The van der Waals surface area contributed by atoms with Crippen LogP contribution in [0.2, 0.25) is 0 Å². The third kappa shape index (κ3) is 2.81. The minimum absolute atomic E-state index is 0.167. The number of aromatic amines is 2.